The first-order chi connectivity index (χ1) is 10.1. The van der Waals surface area contributed by atoms with E-state index in [1.54, 1.807) is 18.2 Å². The van der Waals surface area contributed by atoms with E-state index in [4.69, 9.17) is 0 Å². The van der Waals surface area contributed by atoms with Crippen molar-refractivity contribution in [1.29, 1.82) is 0 Å². The molecule has 1 amide bonds. The lowest BCUT2D eigenvalue weighted by atomic mass is 9.91. The van der Waals surface area contributed by atoms with Crippen molar-refractivity contribution < 1.29 is 4.79 Å². The summed E-state index contributed by atoms with van der Waals surface area (Å²) in [6, 6.07) is 7.11. The zero-order chi connectivity index (χ0) is 15.0. The maximum Gasteiger partial charge on any atom is 0.274 e. The molecule has 0 aliphatic carbocycles. The Bertz CT molecular complexity index is 728. The number of likely N-dealkylation sites (tertiary alicyclic amines) is 1. The van der Waals surface area contributed by atoms with Gasteiger partial charge in [-0.1, -0.05) is 32.0 Å². The number of piperidine rings is 1. The Morgan fingerprint density at radius 2 is 1.81 bits per heavy atom. The number of amides is 1. The van der Waals surface area contributed by atoms with Gasteiger partial charge in [0.25, 0.3) is 11.5 Å². The summed E-state index contributed by atoms with van der Waals surface area (Å²) in [5.74, 6) is 0.888. The average molecular weight is 285 g/mol. The molecule has 1 aliphatic rings. The van der Waals surface area contributed by atoms with Crippen molar-refractivity contribution in [2.75, 3.05) is 13.1 Å². The van der Waals surface area contributed by atoms with Gasteiger partial charge >= 0.3 is 0 Å². The highest BCUT2D eigenvalue weighted by atomic mass is 16.2. The van der Waals surface area contributed by atoms with Crippen molar-refractivity contribution in [2.24, 2.45) is 11.8 Å². The molecule has 21 heavy (non-hydrogen) atoms. The minimum absolute atomic E-state index is 0.0964. The molecule has 110 valence electrons. The molecule has 5 heteroatoms. The molecule has 1 N–H and O–H groups in total. The summed E-state index contributed by atoms with van der Waals surface area (Å²) in [4.78, 5) is 26.4. The number of H-pyrrole nitrogens is 1. The number of carbonyl (C=O) groups is 1. The highest BCUT2D eigenvalue weighted by Gasteiger charge is 2.28. The summed E-state index contributed by atoms with van der Waals surface area (Å²) in [6.07, 6.45) is 1.14. The fraction of sp³-hybridized carbons (Fsp3) is 0.438. The Labute approximate surface area is 123 Å². The standard InChI is InChI=1S/C16H19N3O2/c1-10-7-11(2)9-19(8-10)16(21)14-12-5-3-4-6-13(12)15(20)18-17-14/h3-6,10-11H,7-9H2,1-2H3,(H,18,20)/t10-,11-/m1/s1. The highest BCUT2D eigenvalue weighted by Crippen LogP contribution is 2.23. The number of hydrogen-bond donors (Lipinski definition) is 1. The molecule has 1 aromatic carbocycles. The van der Waals surface area contributed by atoms with E-state index in [9.17, 15) is 9.59 Å². The summed E-state index contributed by atoms with van der Waals surface area (Å²) in [5.41, 5.74) is 0.0778. The van der Waals surface area contributed by atoms with Gasteiger partial charge in [0.2, 0.25) is 0 Å². The van der Waals surface area contributed by atoms with Gasteiger partial charge in [-0.2, -0.15) is 5.10 Å². The van der Waals surface area contributed by atoms with Crippen LogP contribution in [0.2, 0.25) is 0 Å². The number of fused-ring (bicyclic) bond motifs is 1. The Balaban J connectivity index is 2.02. The summed E-state index contributed by atoms with van der Waals surface area (Å²) in [5, 5.41) is 7.57. The van der Waals surface area contributed by atoms with Crippen LogP contribution in [0.1, 0.15) is 30.8 Å². The van der Waals surface area contributed by atoms with Gasteiger partial charge in [0.1, 0.15) is 0 Å². The molecule has 2 aromatic rings. The minimum Gasteiger partial charge on any atom is -0.337 e. The number of benzene rings is 1. The van der Waals surface area contributed by atoms with E-state index in [0.717, 1.165) is 19.5 Å². The second kappa shape index (κ2) is 5.31. The Kier molecular flexibility index (Phi) is 3.49. The van der Waals surface area contributed by atoms with Gasteiger partial charge < -0.3 is 4.90 Å². The van der Waals surface area contributed by atoms with E-state index in [-0.39, 0.29) is 11.5 Å². The highest BCUT2D eigenvalue weighted by molar-refractivity contribution is 6.04. The van der Waals surface area contributed by atoms with E-state index in [1.165, 1.54) is 0 Å². The van der Waals surface area contributed by atoms with Crippen molar-refractivity contribution in [3.8, 4) is 0 Å². The van der Waals surface area contributed by atoms with Crippen molar-refractivity contribution >= 4 is 16.7 Å². The molecule has 1 aliphatic heterocycles. The predicted molar refractivity (Wildman–Crippen MR) is 81.2 cm³/mol. The summed E-state index contributed by atoms with van der Waals surface area (Å²) < 4.78 is 0. The second-order valence-corrected chi connectivity index (χ2v) is 6.10. The van der Waals surface area contributed by atoms with Crippen molar-refractivity contribution in [2.45, 2.75) is 20.3 Å². The molecule has 3 rings (SSSR count). The number of nitrogens with zero attached hydrogens (tertiary/aromatic N) is 2. The maximum atomic E-state index is 12.8. The fourth-order valence-corrected chi connectivity index (χ4v) is 3.26. The zero-order valence-corrected chi connectivity index (χ0v) is 12.3. The van der Waals surface area contributed by atoms with Crippen molar-refractivity contribution in [3.05, 3.63) is 40.3 Å². The molecule has 1 fully saturated rings. The fourth-order valence-electron chi connectivity index (χ4n) is 3.26. The third-order valence-electron chi connectivity index (χ3n) is 4.05. The van der Waals surface area contributed by atoms with E-state index in [1.807, 2.05) is 11.0 Å². The van der Waals surface area contributed by atoms with Gasteiger partial charge in [0, 0.05) is 18.5 Å². The van der Waals surface area contributed by atoms with Crippen LogP contribution in [0.25, 0.3) is 10.8 Å². The number of aromatic amines is 1. The Morgan fingerprint density at radius 3 is 2.48 bits per heavy atom. The van der Waals surface area contributed by atoms with Gasteiger partial charge in [-0.15, -0.1) is 0 Å². The molecule has 0 saturated carbocycles. The van der Waals surface area contributed by atoms with Crippen LogP contribution in [0.3, 0.4) is 0 Å². The van der Waals surface area contributed by atoms with Crippen LogP contribution in [0.15, 0.2) is 29.1 Å². The number of carbonyl (C=O) groups excluding carboxylic acids is 1. The topological polar surface area (TPSA) is 66.1 Å². The quantitative estimate of drug-likeness (QED) is 0.872. The third-order valence-corrected chi connectivity index (χ3v) is 4.05. The van der Waals surface area contributed by atoms with E-state index >= 15 is 0 Å². The van der Waals surface area contributed by atoms with Crippen LogP contribution in [-0.4, -0.2) is 34.1 Å². The van der Waals surface area contributed by atoms with Gasteiger partial charge in [0.05, 0.1) is 5.39 Å². The second-order valence-electron chi connectivity index (χ2n) is 6.10. The van der Waals surface area contributed by atoms with Crippen molar-refractivity contribution in [3.63, 3.8) is 0 Å². The number of hydrogen-bond acceptors (Lipinski definition) is 3. The molecule has 2 heterocycles. The van der Waals surface area contributed by atoms with Crippen LogP contribution in [0.5, 0.6) is 0 Å². The number of nitrogens with one attached hydrogen (secondary N) is 1. The van der Waals surface area contributed by atoms with Crippen molar-refractivity contribution in [1.82, 2.24) is 15.1 Å². The zero-order valence-electron chi connectivity index (χ0n) is 12.3. The smallest absolute Gasteiger partial charge is 0.274 e. The summed E-state index contributed by atoms with van der Waals surface area (Å²) in [6.45, 7) is 5.82. The SMILES string of the molecule is C[C@@H]1C[C@@H](C)CN(C(=O)c2n[nH]c(=O)c3ccccc23)C1. The minimum atomic E-state index is -0.262. The molecular formula is C16H19N3O2. The first kappa shape index (κ1) is 13.8. The molecule has 0 unspecified atom stereocenters. The maximum absolute atomic E-state index is 12.8. The molecule has 0 radical (unpaired) electrons. The first-order valence-corrected chi connectivity index (χ1v) is 7.33. The molecular weight excluding hydrogens is 266 g/mol. The van der Waals surface area contributed by atoms with Crippen LogP contribution >= 0.6 is 0 Å². The molecule has 2 atom stereocenters. The lowest BCUT2D eigenvalue weighted by Crippen LogP contribution is -2.43. The van der Waals surface area contributed by atoms with Gasteiger partial charge in [-0.25, -0.2) is 5.10 Å². The summed E-state index contributed by atoms with van der Waals surface area (Å²) >= 11 is 0. The third kappa shape index (κ3) is 2.55. The van der Waals surface area contributed by atoms with Crippen LogP contribution < -0.4 is 5.56 Å². The van der Waals surface area contributed by atoms with Gasteiger partial charge in [-0.3, -0.25) is 9.59 Å². The van der Waals surface area contributed by atoms with E-state index in [0.29, 0.717) is 28.3 Å². The van der Waals surface area contributed by atoms with Gasteiger partial charge in [-0.05, 0) is 24.3 Å². The van der Waals surface area contributed by atoms with E-state index in [2.05, 4.69) is 24.0 Å². The molecule has 1 saturated heterocycles. The van der Waals surface area contributed by atoms with E-state index < -0.39 is 0 Å². The summed E-state index contributed by atoms with van der Waals surface area (Å²) in [7, 11) is 0. The lowest BCUT2D eigenvalue weighted by molar-refractivity contribution is 0.0618. The van der Waals surface area contributed by atoms with Crippen LogP contribution in [0.4, 0.5) is 0 Å². The lowest BCUT2D eigenvalue weighted by Gasteiger charge is -2.34. The number of aromatic nitrogens is 2. The predicted octanol–water partition coefficient (Wildman–Crippen LogP) is 2.04. The largest absolute Gasteiger partial charge is 0.337 e. The number of rotatable bonds is 1. The average Bonchev–Trinajstić information content (AvgIpc) is 2.46. The van der Waals surface area contributed by atoms with Crippen LogP contribution in [-0.2, 0) is 0 Å². The van der Waals surface area contributed by atoms with Crippen LogP contribution in [0, 0.1) is 11.8 Å². The Morgan fingerprint density at radius 1 is 1.19 bits per heavy atom. The molecule has 1 aromatic heterocycles. The molecule has 0 bridgehead atoms. The normalized spacial score (nSPS) is 22.5. The molecule has 0 spiro atoms. The monoisotopic (exact) mass is 285 g/mol. The van der Waals surface area contributed by atoms with Gasteiger partial charge in [0.15, 0.2) is 5.69 Å². The first-order valence-electron chi connectivity index (χ1n) is 7.33. The Hall–Kier alpha value is -2.17. The molecule has 5 nitrogen and oxygen atoms in total.